The molecule has 13 heavy (non-hydrogen) atoms. The number of aryl methyl sites for hydroxylation is 1. The average Bonchev–Trinajstić information content (AvgIpc) is 2.63. The zero-order valence-electron chi connectivity index (χ0n) is 7.99. The van der Waals surface area contributed by atoms with Gasteiger partial charge in [-0.25, -0.2) is 0 Å². The van der Waals surface area contributed by atoms with Crippen LogP contribution in [0.25, 0.3) is 0 Å². The Hall–Kier alpha value is -0.340. The number of rotatable bonds is 2. The van der Waals surface area contributed by atoms with Gasteiger partial charge in [0.15, 0.2) is 0 Å². The van der Waals surface area contributed by atoms with E-state index >= 15 is 0 Å². The molecule has 2 unspecified atom stereocenters. The Bertz CT molecular complexity index is 279. The SMILES string of the molecule is CCC(O)C1CCCc2sccc21. The second-order valence-corrected chi connectivity index (χ2v) is 4.77. The molecule has 0 fully saturated rings. The summed E-state index contributed by atoms with van der Waals surface area (Å²) >= 11 is 1.85. The van der Waals surface area contributed by atoms with Gasteiger partial charge in [0.25, 0.3) is 0 Å². The van der Waals surface area contributed by atoms with Gasteiger partial charge in [-0.3, -0.25) is 0 Å². The van der Waals surface area contributed by atoms with Gasteiger partial charge in [-0.05, 0) is 42.7 Å². The van der Waals surface area contributed by atoms with E-state index in [2.05, 4.69) is 18.4 Å². The molecule has 2 atom stereocenters. The highest BCUT2D eigenvalue weighted by molar-refractivity contribution is 7.10. The van der Waals surface area contributed by atoms with Crippen molar-refractivity contribution >= 4 is 11.3 Å². The standard InChI is InChI=1S/C11H16OS/c1-2-10(12)8-4-3-5-11-9(8)6-7-13-11/h6-8,10,12H,2-5H2,1H3. The summed E-state index contributed by atoms with van der Waals surface area (Å²) in [5.74, 6) is 0.417. The Kier molecular flexibility index (Phi) is 2.70. The summed E-state index contributed by atoms with van der Waals surface area (Å²) in [6.07, 6.45) is 4.38. The lowest BCUT2D eigenvalue weighted by molar-refractivity contribution is 0.131. The fraction of sp³-hybridized carbons (Fsp3) is 0.636. The minimum Gasteiger partial charge on any atom is -0.393 e. The van der Waals surface area contributed by atoms with Gasteiger partial charge in [-0.1, -0.05) is 6.92 Å². The molecule has 0 saturated heterocycles. The predicted molar refractivity (Wildman–Crippen MR) is 56.3 cm³/mol. The largest absolute Gasteiger partial charge is 0.393 e. The molecule has 0 spiro atoms. The fourth-order valence-corrected chi connectivity index (χ4v) is 3.20. The van der Waals surface area contributed by atoms with E-state index in [1.165, 1.54) is 29.7 Å². The van der Waals surface area contributed by atoms with Gasteiger partial charge in [0.1, 0.15) is 0 Å². The smallest absolute Gasteiger partial charge is 0.0606 e. The summed E-state index contributed by atoms with van der Waals surface area (Å²) in [5.41, 5.74) is 1.42. The van der Waals surface area contributed by atoms with Gasteiger partial charge in [0, 0.05) is 10.8 Å². The summed E-state index contributed by atoms with van der Waals surface area (Å²) in [4.78, 5) is 1.50. The van der Waals surface area contributed by atoms with Crippen LogP contribution in [0.4, 0.5) is 0 Å². The lowest BCUT2D eigenvalue weighted by atomic mass is 9.83. The van der Waals surface area contributed by atoms with Crippen molar-refractivity contribution in [3.05, 3.63) is 21.9 Å². The molecule has 1 heterocycles. The van der Waals surface area contributed by atoms with E-state index in [9.17, 15) is 5.11 Å². The van der Waals surface area contributed by atoms with Gasteiger partial charge >= 0.3 is 0 Å². The highest BCUT2D eigenvalue weighted by Crippen LogP contribution is 2.37. The molecule has 0 amide bonds. The van der Waals surface area contributed by atoms with E-state index < -0.39 is 0 Å². The molecule has 1 aliphatic rings. The number of thiophene rings is 1. The monoisotopic (exact) mass is 196 g/mol. The van der Waals surface area contributed by atoms with E-state index in [0.29, 0.717) is 5.92 Å². The van der Waals surface area contributed by atoms with Gasteiger partial charge in [0.05, 0.1) is 6.10 Å². The van der Waals surface area contributed by atoms with Gasteiger partial charge in [-0.15, -0.1) is 11.3 Å². The lowest BCUT2D eigenvalue weighted by Gasteiger charge is -2.26. The van der Waals surface area contributed by atoms with Crippen LogP contribution in [0.2, 0.25) is 0 Å². The Morgan fingerprint density at radius 1 is 1.69 bits per heavy atom. The van der Waals surface area contributed by atoms with Gasteiger partial charge in [0.2, 0.25) is 0 Å². The molecule has 2 heteroatoms. The molecule has 1 aliphatic carbocycles. The first kappa shape index (κ1) is 9.22. The van der Waals surface area contributed by atoms with Crippen molar-refractivity contribution in [2.75, 3.05) is 0 Å². The molecule has 1 aromatic heterocycles. The third-order valence-electron chi connectivity index (χ3n) is 2.98. The molecular formula is C11H16OS. The van der Waals surface area contributed by atoms with Crippen molar-refractivity contribution in [1.29, 1.82) is 0 Å². The van der Waals surface area contributed by atoms with Crippen LogP contribution in [0.3, 0.4) is 0 Å². The van der Waals surface area contributed by atoms with Gasteiger partial charge < -0.3 is 5.11 Å². The molecule has 0 radical (unpaired) electrons. The topological polar surface area (TPSA) is 20.2 Å². The maximum Gasteiger partial charge on any atom is 0.0606 e. The minimum atomic E-state index is -0.131. The quantitative estimate of drug-likeness (QED) is 0.771. The molecule has 2 rings (SSSR count). The van der Waals surface area contributed by atoms with Crippen molar-refractivity contribution in [3.8, 4) is 0 Å². The first-order chi connectivity index (χ1) is 6.33. The Morgan fingerprint density at radius 3 is 3.31 bits per heavy atom. The van der Waals surface area contributed by atoms with E-state index in [4.69, 9.17) is 0 Å². The zero-order chi connectivity index (χ0) is 9.26. The Morgan fingerprint density at radius 2 is 2.54 bits per heavy atom. The number of hydrogen-bond acceptors (Lipinski definition) is 2. The van der Waals surface area contributed by atoms with Crippen molar-refractivity contribution in [3.63, 3.8) is 0 Å². The van der Waals surface area contributed by atoms with Crippen LogP contribution in [-0.2, 0) is 6.42 Å². The van der Waals surface area contributed by atoms with E-state index in [-0.39, 0.29) is 6.10 Å². The van der Waals surface area contributed by atoms with Crippen molar-refractivity contribution < 1.29 is 5.11 Å². The van der Waals surface area contributed by atoms with Crippen LogP contribution < -0.4 is 0 Å². The predicted octanol–water partition coefficient (Wildman–Crippen LogP) is 2.94. The fourth-order valence-electron chi connectivity index (χ4n) is 2.21. The van der Waals surface area contributed by atoms with Crippen LogP contribution >= 0.6 is 11.3 Å². The molecular weight excluding hydrogens is 180 g/mol. The third-order valence-corrected chi connectivity index (χ3v) is 3.98. The zero-order valence-corrected chi connectivity index (χ0v) is 8.81. The maximum atomic E-state index is 9.85. The second kappa shape index (κ2) is 3.81. The highest BCUT2D eigenvalue weighted by atomic mass is 32.1. The molecule has 1 aromatic rings. The summed E-state index contributed by atoms with van der Waals surface area (Å²) in [5, 5.41) is 12.0. The molecule has 0 saturated carbocycles. The second-order valence-electron chi connectivity index (χ2n) is 3.77. The summed E-state index contributed by atoms with van der Waals surface area (Å²) in [6, 6.07) is 2.20. The van der Waals surface area contributed by atoms with Crippen LogP contribution in [0, 0.1) is 0 Å². The van der Waals surface area contributed by atoms with E-state index in [1.54, 1.807) is 0 Å². The summed E-state index contributed by atoms with van der Waals surface area (Å²) in [6.45, 7) is 2.06. The average molecular weight is 196 g/mol. The summed E-state index contributed by atoms with van der Waals surface area (Å²) < 4.78 is 0. The van der Waals surface area contributed by atoms with E-state index in [1.807, 2.05) is 11.3 Å². The number of aliphatic hydroxyl groups excluding tert-OH is 1. The van der Waals surface area contributed by atoms with Crippen LogP contribution in [-0.4, -0.2) is 11.2 Å². The number of hydrogen-bond donors (Lipinski definition) is 1. The lowest BCUT2D eigenvalue weighted by Crippen LogP contribution is -2.20. The first-order valence-electron chi connectivity index (χ1n) is 5.07. The Balaban J connectivity index is 2.24. The van der Waals surface area contributed by atoms with Crippen molar-refractivity contribution in [2.45, 2.75) is 44.6 Å². The third kappa shape index (κ3) is 1.65. The normalized spacial score (nSPS) is 24.0. The van der Waals surface area contributed by atoms with E-state index in [0.717, 1.165) is 6.42 Å². The molecule has 72 valence electrons. The number of aliphatic hydroxyl groups is 1. The Labute approximate surface area is 83.4 Å². The first-order valence-corrected chi connectivity index (χ1v) is 5.95. The molecule has 1 N–H and O–H groups in total. The number of fused-ring (bicyclic) bond motifs is 1. The van der Waals surface area contributed by atoms with Crippen LogP contribution in [0.5, 0.6) is 0 Å². The molecule has 0 aromatic carbocycles. The van der Waals surface area contributed by atoms with Crippen LogP contribution in [0.15, 0.2) is 11.4 Å². The van der Waals surface area contributed by atoms with Crippen molar-refractivity contribution in [1.82, 2.24) is 0 Å². The van der Waals surface area contributed by atoms with Crippen LogP contribution in [0.1, 0.15) is 42.5 Å². The molecule has 1 nitrogen and oxygen atoms in total. The molecule has 0 bridgehead atoms. The molecule has 0 aliphatic heterocycles. The van der Waals surface area contributed by atoms with Crippen molar-refractivity contribution in [2.24, 2.45) is 0 Å². The summed E-state index contributed by atoms with van der Waals surface area (Å²) in [7, 11) is 0. The van der Waals surface area contributed by atoms with Gasteiger partial charge in [-0.2, -0.15) is 0 Å². The maximum absolute atomic E-state index is 9.85. The minimum absolute atomic E-state index is 0.131. The highest BCUT2D eigenvalue weighted by Gasteiger charge is 2.25.